The van der Waals surface area contributed by atoms with Gasteiger partial charge in [-0.1, -0.05) is 29.3 Å². The molecule has 4 nitrogen and oxygen atoms in total. The number of fused-ring (bicyclic) bond motifs is 1. The van der Waals surface area contributed by atoms with Crippen LogP contribution in [0.1, 0.15) is 18.5 Å². The van der Waals surface area contributed by atoms with Crippen molar-refractivity contribution in [2.75, 3.05) is 11.9 Å². The number of nitrogens with zero attached hydrogens (tertiary/aromatic N) is 3. The molecule has 0 amide bonds. The molecule has 23 heavy (non-hydrogen) atoms. The van der Waals surface area contributed by atoms with Gasteiger partial charge in [0.2, 0.25) is 0 Å². The van der Waals surface area contributed by atoms with Gasteiger partial charge in [0.25, 0.3) is 0 Å². The number of aromatic nitrogens is 3. The van der Waals surface area contributed by atoms with Gasteiger partial charge in [-0.2, -0.15) is 9.61 Å². The van der Waals surface area contributed by atoms with Crippen LogP contribution in [0.15, 0.2) is 30.5 Å². The molecule has 1 aromatic carbocycles. The van der Waals surface area contributed by atoms with Crippen molar-refractivity contribution in [3.05, 3.63) is 46.2 Å². The molecule has 6 heteroatoms. The SMILES string of the molecule is Cc1cc(NCC2CC2)n2ncc(-c3ccc(Cl)cc3Cl)c2n1. The van der Waals surface area contributed by atoms with Gasteiger partial charge in [0.05, 0.1) is 11.2 Å². The Kier molecular flexibility index (Phi) is 3.66. The molecule has 0 spiro atoms. The quantitative estimate of drug-likeness (QED) is 0.735. The van der Waals surface area contributed by atoms with Crippen LogP contribution in [-0.2, 0) is 0 Å². The summed E-state index contributed by atoms with van der Waals surface area (Å²) in [5, 5.41) is 9.20. The molecule has 4 rings (SSSR count). The summed E-state index contributed by atoms with van der Waals surface area (Å²) in [5.74, 6) is 1.76. The molecule has 0 bridgehead atoms. The van der Waals surface area contributed by atoms with Crippen molar-refractivity contribution >= 4 is 34.7 Å². The van der Waals surface area contributed by atoms with E-state index < -0.39 is 0 Å². The van der Waals surface area contributed by atoms with Crippen molar-refractivity contribution in [1.82, 2.24) is 14.6 Å². The van der Waals surface area contributed by atoms with Crippen LogP contribution in [-0.4, -0.2) is 21.1 Å². The van der Waals surface area contributed by atoms with Crippen molar-refractivity contribution in [3.63, 3.8) is 0 Å². The molecular weight excluding hydrogens is 331 g/mol. The highest BCUT2D eigenvalue weighted by Gasteiger charge is 2.21. The van der Waals surface area contributed by atoms with Crippen molar-refractivity contribution < 1.29 is 0 Å². The van der Waals surface area contributed by atoms with E-state index in [4.69, 9.17) is 23.2 Å². The van der Waals surface area contributed by atoms with E-state index in [-0.39, 0.29) is 0 Å². The van der Waals surface area contributed by atoms with Gasteiger partial charge in [-0.15, -0.1) is 0 Å². The molecule has 2 heterocycles. The third-order valence-electron chi connectivity index (χ3n) is 4.09. The lowest BCUT2D eigenvalue weighted by molar-refractivity contribution is 0.854. The molecule has 1 fully saturated rings. The second kappa shape index (κ2) is 5.69. The summed E-state index contributed by atoms with van der Waals surface area (Å²) in [6, 6.07) is 7.50. The van der Waals surface area contributed by atoms with Crippen LogP contribution in [0.3, 0.4) is 0 Å². The topological polar surface area (TPSA) is 42.2 Å². The number of hydrogen-bond donors (Lipinski definition) is 1. The van der Waals surface area contributed by atoms with E-state index in [1.165, 1.54) is 12.8 Å². The Bertz CT molecular complexity index is 884. The molecule has 0 atom stereocenters. The summed E-state index contributed by atoms with van der Waals surface area (Å²) in [5.41, 5.74) is 3.54. The maximum atomic E-state index is 6.35. The van der Waals surface area contributed by atoms with E-state index in [1.54, 1.807) is 12.3 Å². The number of hydrogen-bond acceptors (Lipinski definition) is 3. The highest BCUT2D eigenvalue weighted by Crippen LogP contribution is 2.34. The Hall–Kier alpha value is -1.78. The first-order valence-corrected chi connectivity index (χ1v) is 8.42. The molecule has 0 unspecified atom stereocenters. The molecule has 0 saturated heterocycles. The molecule has 1 aliphatic carbocycles. The van der Waals surface area contributed by atoms with Crippen LogP contribution in [0, 0.1) is 12.8 Å². The fourth-order valence-corrected chi connectivity index (χ4v) is 3.19. The molecule has 2 aromatic heterocycles. The Morgan fingerprint density at radius 2 is 2.04 bits per heavy atom. The van der Waals surface area contributed by atoms with Crippen LogP contribution in [0.25, 0.3) is 16.8 Å². The van der Waals surface area contributed by atoms with Crippen molar-refractivity contribution in [2.24, 2.45) is 5.92 Å². The third kappa shape index (κ3) is 2.89. The third-order valence-corrected chi connectivity index (χ3v) is 4.64. The van der Waals surface area contributed by atoms with Gasteiger partial charge < -0.3 is 5.32 Å². The molecule has 118 valence electrons. The number of anilines is 1. The lowest BCUT2D eigenvalue weighted by Crippen LogP contribution is -2.09. The zero-order valence-electron chi connectivity index (χ0n) is 12.7. The van der Waals surface area contributed by atoms with Crippen molar-refractivity contribution in [2.45, 2.75) is 19.8 Å². The summed E-state index contributed by atoms with van der Waals surface area (Å²) in [7, 11) is 0. The van der Waals surface area contributed by atoms with E-state index >= 15 is 0 Å². The summed E-state index contributed by atoms with van der Waals surface area (Å²) in [6.45, 7) is 2.97. The summed E-state index contributed by atoms with van der Waals surface area (Å²) >= 11 is 12.3. The second-order valence-electron chi connectivity index (χ2n) is 6.02. The molecule has 1 aliphatic rings. The Morgan fingerprint density at radius 1 is 1.22 bits per heavy atom. The molecule has 0 radical (unpaired) electrons. The minimum atomic E-state index is 0.600. The van der Waals surface area contributed by atoms with E-state index in [0.29, 0.717) is 10.0 Å². The van der Waals surface area contributed by atoms with Gasteiger partial charge in [0.15, 0.2) is 5.65 Å². The number of benzene rings is 1. The average molecular weight is 347 g/mol. The minimum absolute atomic E-state index is 0.600. The zero-order valence-corrected chi connectivity index (χ0v) is 14.2. The highest BCUT2D eigenvalue weighted by molar-refractivity contribution is 6.36. The predicted octanol–water partition coefficient (Wildman–Crippen LogP) is 4.83. The maximum absolute atomic E-state index is 6.35. The van der Waals surface area contributed by atoms with E-state index in [0.717, 1.165) is 40.7 Å². The Labute approximate surface area is 144 Å². The van der Waals surface area contributed by atoms with Crippen LogP contribution in [0.5, 0.6) is 0 Å². The van der Waals surface area contributed by atoms with Gasteiger partial charge in [-0.05, 0) is 37.8 Å². The average Bonchev–Trinajstić information content (AvgIpc) is 3.25. The van der Waals surface area contributed by atoms with Gasteiger partial charge in [0, 0.05) is 34.5 Å². The molecule has 3 aromatic rings. The fraction of sp³-hybridized carbons (Fsp3) is 0.294. The largest absolute Gasteiger partial charge is 0.370 e. The first kappa shape index (κ1) is 14.8. The number of halogens is 2. The van der Waals surface area contributed by atoms with Crippen molar-refractivity contribution in [1.29, 1.82) is 0 Å². The smallest absolute Gasteiger partial charge is 0.165 e. The summed E-state index contributed by atoms with van der Waals surface area (Å²) < 4.78 is 1.84. The van der Waals surface area contributed by atoms with E-state index in [2.05, 4.69) is 15.4 Å². The van der Waals surface area contributed by atoms with E-state index in [1.807, 2.05) is 29.6 Å². The number of aryl methyl sites for hydroxylation is 1. The molecular formula is C17H16Cl2N4. The maximum Gasteiger partial charge on any atom is 0.165 e. The van der Waals surface area contributed by atoms with Gasteiger partial charge in [-0.25, -0.2) is 4.98 Å². The lowest BCUT2D eigenvalue weighted by atomic mass is 10.1. The molecule has 1 N–H and O–H groups in total. The summed E-state index contributed by atoms with van der Waals surface area (Å²) in [6.07, 6.45) is 4.43. The van der Waals surface area contributed by atoms with Crippen molar-refractivity contribution in [3.8, 4) is 11.1 Å². The van der Waals surface area contributed by atoms with Gasteiger partial charge >= 0.3 is 0 Å². The van der Waals surface area contributed by atoms with Gasteiger partial charge in [0.1, 0.15) is 5.82 Å². The first-order valence-electron chi connectivity index (χ1n) is 7.66. The van der Waals surface area contributed by atoms with Gasteiger partial charge in [-0.3, -0.25) is 0 Å². The number of nitrogens with one attached hydrogen (secondary N) is 1. The van der Waals surface area contributed by atoms with E-state index in [9.17, 15) is 0 Å². The number of rotatable bonds is 4. The van der Waals surface area contributed by atoms with Crippen LogP contribution in [0.4, 0.5) is 5.82 Å². The normalized spacial score (nSPS) is 14.4. The lowest BCUT2D eigenvalue weighted by Gasteiger charge is -2.09. The molecule has 1 saturated carbocycles. The zero-order chi connectivity index (χ0) is 16.0. The summed E-state index contributed by atoms with van der Waals surface area (Å²) in [4.78, 5) is 4.65. The Morgan fingerprint density at radius 3 is 2.78 bits per heavy atom. The van der Waals surface area contributed by atoms with Crippen LogP contribution in [0.2, 0.25) is 10.0 Å². The first-order chi connectivity index (χ1) is 11.1. The Balaban J connectivity index is 1.81. The highest BCUT2D eigenvalue weighted by atomic mass is 35.5. The predicted molar refractivity (Wildman–Crippen MR) is 94.4 cm³/mol. The van der Waals surface area contributed by atoms with Crippen LogP contribution >= 0.6 is 23.2 Å². The second-order valence-corrected chi connectivity index (χ2v) is 6.87. The standard InChI is InChI=1S/C17H16Cl2N4/c1-10-6-16(20-8-11-2-3-11)23-17(22-10)14(9-21-23)13-5-4-12(18)7-15(13)19/h4-7,9,11,20H,2-3,8H2,1H3. The van der Waals surface area contributed by atoms with Crippen LogP contribution < -0.4 is 5.32 Å². The fourth-order valence-electron chi connectivity index (χ4n) is 2.68. The monoisotopic (exact) mass is 346 g/mol. The minimum Gasteiger partial charge on any atom is -0.370 e. The molecule has 0 aliphatic heterocycles.